The van der Waals surface area contributed by atoms with E-state index in [0.29, 0.717) is 4.90 Å². The fourth-order valence-corrected chi connectivity index (χ4v) is 0.745. The third-order valence-electron chi connectivity index (χ3n) is 1.27. The SMILES string of the molecule is O=C(O)C(F)N1CCOC1=O. The van der Waals surface area contributed by atoms with Gasteiger partial charge in [0.1, 0.15) is 6.61 Å². The largest absolute Gasteiger partial charge is 0.478 e. The van der Waals surface area contributed by atoms with Crippen LogP contribution in [0.1, 0.15) is 0 Å². The van der Waals surface area contributed by atoms with Crippen molar-refractivity contribution in [3.8, 4) is 0 Å². The molecular weight excluding hydrogens is 157 g/mol. The van der Waals surface area contributed by atoms with Gasteiger partial charge in [-0.25, -0.2) is 14.0 Å². The summed E-state index contributed by atoms with van der Waals surface area (Å²) in [4.78, 5) is 21.0. The van der Waals surface area contributed by atoms with E-state index in [1.165, 1.54) is 0 Å². The Hall–Kier alpha value is -1.33. The molecule has 62 valence electrons. The van der Waals surface area contributed by atoms with Gasteiger partial charge in [-0.3, -0.25) is 4.90 Å². The maximum atomic E-state index is 12.5. The van der Waals surface area contributed by atoms with E-state index in [0.717, 1.165) is 0 Å². The van der Waals surface area contributed by atoms with E-state index in [9.17, 15) is 14.0 Å². The Morgan fingerprint density at radius 3 is 2.82 bits per heavy atom. The number of rotatable bonds is 2. The quantitative estimate of drug-likeness (QED) is 0.573. The van der Waals surface area contributed by atoms with Crippen molar-refractivity contribution in [2.75, 3.05) is 13.2 Å². The lowest BCUT2D eigenvalue weighted by Gasteiger charge is -2.12. The predicted molar refractivity (Wildman–Crippen MR) is 30.6 cm³/mol. The molecule has 0 aromatic carbocycles. The van der Waals surface area contributed by atoms with Gasteiger partial charge in [-0.05, 0) is 0 Å². The van der Waals surface area contributed by atoms with Crippen LogP contribution in [0.4, 0.5) is 9.18 Å². The first kappa shape index (κ1) is 7.77. The number of carbonyl (C=O) groups excluding carboxylic acids is 1. The second-order valence-electron chi connectivity index (χ2n) is 1.98. The molecule has 0 saturated carbocycles. The smallest absolute Gasteiger partial charge is 0.412 e. The summed E-state index contributed by atoms with van der Waals surface area (Å²) in [5.74, 6) is -1.68. The molecule has 0 aliphatic carbocycles. The first-order valence-electron chi connectivity index (χ1n) is 2.93. The minimum atomic E-state index is -2.29. The van der Waals surface area contributed by atoms with Crippen LogP contribution in [-0.2, 0) is 9.53 Å². The number of aliphatic carboxylic acids is 1. The van der Waals surface area contributed by atoms with Crippen molar-refractivity contribution in [3.63, 3.8) is 0 Å². The first-order chi connectivity index (χ1) is 5.13. The Balaban J connectivity index is 2.59. The van der Waals surface area contributed by atoms with Crippen LogP contribution in [0.3, 0.4) is 0 Å². The zero-order chi connectivity index (χ0) is 8.43. The summed E-state index contributed by atoms with van der Waals surface area (Å²) < 4.78 is 16.8. The topological polar surface area (TPSA) is 66.8 Å². The van der Waals surface area contributed by atoms with E-state index in [1.54, 1.807) is 0 Å². The average Bonchev–Trinajstić information content (AvgIpc) is 2.33. The van der Waals surface area contributed by atoms with Crippen molar-refractivity contribution in [2.24, 2.45) is 0 Å². The summed E-state index contributed by atoms with van der Waals surface area (Å²) in [6, 6.07) is 0. The van der Waals surface area contributed by atoms with Crippen molar-refractivity contribution in [1.82, 2.24) is 4.90 Å². The normalized spacial score (nSPS) is 19.7. The summed E-state index contributed by atoms with van der Waals surface area (Å²) in [6.45, 7) is 0.0405. The number of carbonyl (C=O) groups is 2. The lowest BCUT2D eigenvalue weighted by atomic mass is 10.5. The number of alkyl halides is 1. The van der Waals surface area contributed by atoms with Crippen molar-refractivity contribution in [2.45, 2.75) is 6.30 Å². The second kappa shape index (κ2) is 2.73. The average molecular weight is 163 g/mol. The van der Waals surface area contributed by atoms with Crippen LogP contribution in [0.2, 0.25) is 0 Å². The molecule has 1 unspecified atom stereocenters. The standard InChI is InChI=1S/C5H6FNO4/c6-3(4(8)9)7-1-2-11-5(7)10/h3H,1-2H2,(H,8,9). The van der Waals surface area contributed by atoms with Gasteiger partial charge in [0.05, 0.1) is 6.54 Å². The van der Waals surface area contributed by atoms with E-state index in [4.69, 9.17) is 5.11 Å². The number of carboxylic acids is 1. The van der Waals surface area contributed by atoms with Gasteiger partial charge in [0.25, 0.3) is 6.30 Å². The molecule has 1 atom stereocenters. The fourth-order valence-electron chi connectivity index (χ4n) is 0.745. The molecule has 1 saturated heterocycles. The number of nitrogens with zero attached hydrogens (tertiary/aromatic N) is 1. The fraction of sp³-hybridized carbons (Fsp3) is 0.600. The van der Waals surface area contributed by atoms with Gasteiger partial charge < -0.3 is 9.84 Å². The molecule has 1 aliphatic heterocycles. The number of hydrogen-bond acceptors (Lipinski definition) is 3. The molecule has 0 spiro atoms. The second-order valence-corrected chi connectivity index (χ2v) is 1.98. The molecule has 1 amide bonds. The number of carboxylic acid groups (broad SMARTS) is 1. The summed E-state index contributed by atoms with van der Waals surface area (Å²) in [5, 5.41) is 8.14. The number of halogens is 1. The molecule has 1 heterocycles. The van der Waals surface area contributed by atoms with Crippen molar-refractivity contribution in [1.29, 1.82) is 0 Å². The van der Waals surface area contributed by atoms with Gasteiger partial charge in [0.15, 0.2) is 0 Å². The molecule has 1 fully saturated rings. The van der Waals surface area contributed by atoms with Gasteiger partial charge >= 0.3 is 12.1 Å². The van der Waals surface area contributed by atoms with Crippen molar-refractivity contribution < 1.29 is 23.8 Å². The van der Waals surface area contributed by atoms with Gasteiger partial charge in [-0.2, -0.15) is 0 Å². The number of cyclic esters (lactones) is 1. The Labute approximate surface area is 61.3 Å². The maximum absolute atomic E-state index is 12.5. The summed E-state index contributed by atoms with van der Waals surface area (Å²) in [6.07, 6.45) is -3.20. The highest BCUT2D eigenvalue weighted by Gasteiger charge is 2.34. The van der Waals surface area contributed by atoms with Gasteiger partial charge in [-0.1, -0.05) is 0 Å². The van der Waals surface area contributed by atoms with Crippen LogP contribution in [0.15, 0.2) is 0 Å². The van der Waals surface area contributed by atoms with Gasteiger partial charge in [-0.15, -0.1) is 0 Å². The van der Waals surface area contributed by atoms with Crippen LogP contribution < -0.4 is 0 Å². The molecule has 1 aliphatic rings. The molecule has 0 aromatic rings. The molecule has 0 bridgehead atoms. The number of ether oxygens (including phenoxy) is 1. The van der Waals surface area contributed by atoms with Crippen LogP contribution in [-0.4, -0.2) is 41.5 Å². The van der Waals surface area contributed by atoms with E-state index in [2.05, 4.69) is 4.74 Å². The molecule has 0 radical (unpaired) electrons. The Kier molecular flexibility index (Phi) is 1.93. The molecule has 1 rings (SSSR count). The molecule has 11 heavy (non-hydrogen) atoms. The van der Waals surface area contributed by atoms with E-state index in [-0.39, 0.29) is 13.2 Å². The summed E-state index contributed by atoms with van der Waals surface area (Å²) in [5.41, 5.74) is 0. The van der Waals surface area contributed by atoms with Gasteiger partial charge in [0.2, 0.25) is 0 Å². The van der Waals surface area contributed by atoms with Crippen LogP contribution in [0, 0.1) is 0 Å². The Morgan fingerprint density at radius 1 is 1.82 bits per heavy atom. The van der Waals surface area contributed by atoms with E-state index >= 15 is 0 Å². The maximum Gasteiger partial charge on any atom is 0.412 e. The highest BCUT2D eigenvalue weighted by molar-refractivity contribution is 5.79. The minimum Gasteiger partial charge on any atom is -0.478 e. The molecule has 0 aromatic heterocycles. The molecule has 1 N–H and O–H groups in total. The van der Waals surface area contributed by atoms with Crippen molar-refractivity contribution in [3.05, 3.63) is 0 Å². The predicted octanol–water partition coefficient (Wildman–Crippen LogP) is -0.181. The Morgan fingerprint density at radius 2 is 2.45 bits per heavy atom. The minimum absolute atomic E-state index is 0.00764. The zero-order valence-electron chi connectivity index (χ0n) is 5.49. The first-order valence-corrected chi connectivity index (χ1v) is 2.93. The highest BCUT2D eigenvalue weighted by atomic mass is 19.1. The van der Waals surface area contributed by atoms with Crippen LogP contribution in [0.5, 0.6) is 0 Å². The van der Waals surface area contributed by atoms with Crippen LogP contribution >= 0.6 is 0 Å². The third kappa shape index (κ3) is 1.39. The summed E-state index contributed by atoms with van der Waals surface area (Å²) >= 11 is 0. The Bertz CT molecular complexity index is 195. The summed E-state index contributed by atoms with van der Waals surface area (Å²) in [7, 11) is 0. The third-order valence-corrected chi connectivity index (χ3v) is 1.27. The highest BCUT2D eigenvalue weighted by Crippen LogP contribution is 2.09. The van der Waals surface area contributed by atoms with Gasteiger partial charge in [0, 0.05) is 0 Å². The molecular formula is C5H6FNO4. The monoisotopic (exact) mass is 163 g/mol. The lowest BCUT2D eigenvalue weighted by molar-refractivity contribution is -0.148. The number of amides is 1. The lowest BCUT2D eigenvalue weighted by Crippen LogP contribution is -2.38. The zero-order valence-corrected chi connectivity index (χ0v) is 5.49. The molecule has 6 heteroatoms. The van der Waals surface area contributed by atoms with Crippen molar-refractivity contribution >= 4 is 12.1 Å². The van der Waals surface area contributed by atoms with E-state index < -0.39 is 18.4 Å². The number of hydrogen-bond donors (Lipinski definition) is 1. The van der Waals surface area contributed by atoms with E-state index in [1.807, 2.05) is 0 Å². The molecule has 5 nitrogen and oxygen atoms in total. The van der Waals surface area contributed by atoms with Crippen LogP contribution in [0.25, 0.3) is 0 Å².